The molecule has 224 valence electrons. The molecule has 0 unspecified atom stereocenters. The quantitative estimate of drug-likeness (QED) is 0.348. The second kappa shape index (κ2) is 14.8. The fourth-order valence-electron chi connectivity index (χ4n) is 6.51. The highest BCUT2D eigenvalue weighted by atomic mass is 16.5. The molecule has 0 spiro atoms. The van der Waals surface area contributed by atoms with E-state index in [4.69, 9.17) is 16.2 Å². The number of nitrogens with zero attached hydrogens (tertiary/aromatic N) is 3. The number of carbonyl (C=O) groups is 1. The molecule has 1 amide bonds. The van der Waals surface area contributed by atoms with E-state index in [1.165, 1.54) is 94.2 Å². The van der Waals surface area contributed by atoms with Crippen LogP contribution in [0.4, 0.5) is 5.82 Å². The summed E-state index contributed by atoms with van der Waals surface area (Å²) in [5, 5.41) is 0. The van der Waals surface area contributed by atoms with E-state index in [1.807, 2.05) is 0 Å². The van der Waals surface area contributed by atoms with Crippen molar-refractivity contribution in [2.45, 2.75) is 83.6 Å². The zero-order valence-corrected chi connectivity index (χ0v) is 25.1. The third-order valence-corrected chi connectivity index (χ3v) is 8.96. The van der Waals surface area contributed by atoms with Gasteiger partial charge in [-0.15, -0.1) is 0 Å². The second-order valence-electron chi connectivity index (χ2n) is 12.2. The van der Waals surface area contributed by atoms with Gasteiger partial charge in [0.15, 0.2) is 0 Å². The molecule has 1 aliphatic carbocycles. The molecular weight excluding hydrogens is 522 g/mol. The maximum absolute atomic E-state index is 11.5. The Labute approximate surface area is 251 Å². The highest BCUT2D eigenvalue weighted by Gasteiger charge is 2.26. The van der Waals surface area contributed by atoms with Crippen molar-refractivity contribution in [3.8, 4) is 11.1 Å². The zero-order chi connectivity index (χ0) is 29.3. The van der Waals surface area contributed by atoms with Crippen molar-refractivity contribution in [1.82, 2.24) is 14.8 Å². The molecular formula is C35H47N5O2. The number of piperidine rings is 1. The Morgan fingerprint density at radius 1 is 0.881 bits per heavy atom. The largest absolute Gasteiger partial charge is 0.383 e. The number of nitrogens with two attached hydrogens (primary N) is 2. The molecule has 3 heterocycles. The van der Waals surface area contributed by atoms with E-state index in [0.717, 1.165) is 30.3 Å². The normalized spacial score (nSPS) is 18.6. The van der Waals surface area contributed by atoms with Crippen LogP contribution < -0.4 is 11.5 Å². The lowest BCUT2D eigenvalue weighted by Crippen LogP contribution is -2.43. The number of rotatable bonds is 8. The number of ether oxygens (including phenoxy) is 1. The lowest BCUT2D eigenvalue weighted by molar-refractivity contribution is 0.0457. The molecule has 7 heteroatoms. The predicted molar refractivity (Wildman–Crippen MR) is 170 cm³/mol. The van der Waals surface area contributed by atoms with Gasteiger partial charge in [-0.25, -0.2) is 4.98 Å². The number of hydrogen-bond acceptors (Lipinski definition) is 6. The highest BCUT2D eigenvalue weighted by molar-refractivity contribution is 5.98. The molecule has 0 bridgehead atoms. The van der Waals surface area contributed by atoms with Gasteiger partial charge in [0.1, 0.15) is 5.82 Å². The first-order valence-corrected chi connectivity index (χ1v) is 15.7. The molecule has 3 aromatic rings. The number of hydrogen-bond donors (Lipinski definition) is 2. The average Bonchev–Trinajstić information content (AvgIpc) is 3.73. The molecule has 4 N–H and O–H groups in total. The van der Waals surface area contributed by atoms with E-state index in [-0.39, 0.29) is 11.4 Å². The Morgan fingerprint density at radius 3 is 2.26 bits per heavy atom. The van der Waals surface area contributed by atoms with Gasteiger partial charge < -0.3 is 21.1 Å². The summed E-state index contributed by atoms with van der Waals surface area (Å²) in [6.45, 7) is 8.83. The molecule has 0 radical (unpaired) electrons. The third-order valence-electron chi connectivity index (χ3n) is 8.96. The van der Waals surface area contributed by atoms with Gasteiger partial charge in [0.05, 0.1) is 18.3 Å². The molecule has 1 aromatic heterocycles. The minimum Gasteiger partial charge on any atom is -0.383 e. The minimum absolute atomic E-state index is 0.171. The number of carbonyl (C=O) groups excluding carboxylic acids is 1. The lowest BCUT2D eigenvalue weighted by atomic mass is 10.0. The van der Waals surface area contributed by atoms with Gasteiger partial charge >= 0.3 is 0 Å². The first-order chi connectivity index (χ1) is 20.4. The molecule has 7 nitrogen and oxygen atoms in total. The van der Waals surface area contributed by atoms with Gasteiger partial charge in [0.2, 0.25) is 0 Å². The Balaban J connectivity index is 0.000000211. The van der Waals surface area contributed by atoms with Crippen LogP contribution in [0, 0.1) is 6.92 Å². The molecule has 2 saturated heterocycles. The third kappa shape index (κ3) is 8.40. The standard InChI is InChI=1S/C22H29N5O.C13H18O/c23-21-20(22(24)28)13-18(14-25-21)17-5-3-16(4-6-17)15-26-11-7-19(8-12-26)27-9-1-2-10-27;1-11-5-4-6-12(9-11)10-14-13-7-2-3-8-13/h3-6,13-14,19H,1-2,7-12,15H2,(H2,23,25)(H2,24,28);4-6,9,13H,2-3,7-8,10H2,1H3. The van der Waals surface area contributed by atoms with Gasteiger partial charge in [-0.05, 0) is 94.4 Å². The summed E-state index contributed by atoms with van der Waals surface area (Å²) < 4.78 is 5.84. The van der Waals surface area contributed by atoms with Gasteiger partial charge in [-0.1, -0.05) is 66.9 Å². The van der Waals surface area contributed by atoms with Crippen LogP contribution in [0.5, 0.6) is 0 Å². The van der Waals surface area contributed by atoms with E-state index in [2.05, 4.69) is 70.2 Å². The van der Waals surface area contributed by atoms with Crippen molar-refractivity contribution in [1.29, 1.82) is 0 Å². The first-order valence-electron chi connectivity index (χ1n) is 15.7. The summed E-state index contributed by atoms with van der Waals surface area (Å²) in [6, 6.07) is 19.5. The molecule has 3 fully saturated rings. The Bertz CT molecular complexity index is 1290. The van der Waals surface area contributed by atoms with E-state index in [1.54, 1.807) is 12.3 Å². The lowest BCUT2D eigenvalue weighted by Gasteiger charge is -2.36. The number of pyridine rings is 1. The molecule has 1 saturated carbocycles. The Hall–Kier alpha value is -3.26. The van der Waals surface area contributed by atoms with E-state index in [0.29, 0.717) is 6.10 Å². The van der Waals surface area contributed by atoms with Crippen LogP contribution >= 0.6 is 0 Å². The summed E-state index contributed by atoms with van der Waals surface area (Å²) >= 11 is 0. The number of nitrogen functional groups attached to an aromatic ring is 1. The number of benzene rings is 2. The fraction of sp³-hybridized carbons (Fsp3) is 0.486. The summed E-state index contributed by atoms with van der Waals surface area (Å²) in [6.07, 6.45) is 12.7. The first kappa shape index (κ1) is 30.2. The maximum atomic E-state index is 11.5. The van der Waals surface area contributed by atoms with Gasteiger partial charge in [0, 0.05) is 24.3 Å². The van der Waals surface area contributed by atoms with Crippen molar-refractivity contribution >= 4 is 11.7 Å². The van der Waals surface area contributed by atoms with Crippen LogP contribution in [0.25, 0.3) is 11.1 Å². The monoisotopic (exact) mass is 569 g/mol. The van der Waals surface area contributed by atoms with Crippen LogP contribution in [-0.4, -0.2) is 59.0 Å². The zero-order valence-electron chi connectivity index (χ0n) is 25.1. The maximum Gasteiger partial charge on any atom is 0.252 e. The Kier molecular flexibility index (Phi) is 10.6. The van der Waals surface area contributed by atoms with E-state index in [9.17, 15) is 4.79 Å². The number of primary amides is 1. The average molecular weight is 570 g/mol. The summed E-state index contributed by atoms with van der Waals surface area (Å²) in [5.74, 6) is -0.383. The minimum atomic E-state index is -0.555. The van der Waals surface area contributed by atoms with E-state index < -0.39 is 5.91 Å². The summed E-state index contributed by atoms with van der Waals surface area (Å²) in [7, 11) is 0. The van der Waals surface area contributed by atoms with Gasteiger partial charge in [-0.3, -0.25) is 9.69 Å². The van der Waals surface area contributed by atoms with Crippen molar-refractivity contribution in [2.75, 3.05) is 31.9 Å². The molecule has 42 heavy (non-hydrogen) atoms. The molecule has 2 aromatic carbocycles. The molecule has 2 aliphatic heterocycles. The van der Waals surface area contributed by atoms with Crippen LogP contribution in [0.3, 0.4) is 0 Å². The highest BCUT2D eigenvalue weighted by Crippen LogP contribution is 2.25. The van der Waals surface area contributed by atoms with Crippen molar-refractivity contribution in [3.63, 3.8) is 0 Å². The van der Waals surface area contributed by atoms with Gasteiger partial charge in [-0.2, -0.15) is 0 Å². The topological polar surface area (TPSA) is 97.7 Å². The van der Waals surface area contributed by atoms with Crippen molar-refractivity contribution in [3.05, 3.63) is 83.0 Å². The SMILES string of the molecule is Cc1cccc(COC2CCCC2)c1.NC(=O)c1cc(-c2ccc(CN3CCC(N4CCCC4)CC3)cc2)cnc1N. The van der Waals surface area contributed by atoms with Crippen LogP contribution in [0.2, 0.25) is 0 Å². The number of amides is 1. The summed E-state index contributed by atoms with van der Waals surface area (Å²) in [5.41, 5.74) is 17.1. The molecule has 6 rings (SSSR count). The van der Waals surface area contributed by atoms with Crippen molar-refractivity contribution in [2.24, 2.45) is 5.73 Å². The number of anilines is 1. The number of aromatic nitrogens is 1. The smallest absolute Gasteiger partial charge is 0.252 e. The van der Waals surface area contributed by atoms with Crippen LogP contribution in [-0.2, 0) is 17.9 Å². The van der Waals surface area contributed by atoms with Crippen LogP contribution in [0.1, 0.15) is 78.4 Å². The second-order valence-corrected chi connectivity index (χ2v) is 12.2. The predicted octanol–water partition coefficient (Wildman–Crippen LogP) is 5.94. The fourth-order valence-corrected chi connectivity index (χ4v) is 6.51. The molecule has 3 aliphatic rings. The van der Waals surface area contributed by atoms with Gasteiger partial charge in [0.25, 0.3) is 5.91 Å². The summed E-state index contributed by atoms with van der Waals surface area (Å²) in [4.78, 5) is 20.8. The number of likely N-dealkylation sites (tertiary alicyclic amines) is 2. The van der Waals surface area contributed by atoms with E-state index >= 15 is 0 Å². The molecule has 0 atom stereocenters. The number of aryl methyl sites for hydroxylation is 1. The van der Waals surface area contributed by atoms with Crippen LogP contribution in [0.15, 0.2) is 60.8 Å². The Morgan fingerprint density at radius 2 is 1.60 bits per heavy atom. The van der Waals surface area contributed by atoms with Crippen molar-refractivity contribution < 1.29 is 9.53 Å².